The maximum absolute atomic E-state index is 9.75. The van der Waals surface area contributed by atoms with Gasteiger partial charge in [-0.3, -0.25) is 0 Å². The smallest absolute Gasteiger partial charge is 0.196 e. The fraction of sp³-hybridized carbons (Fsp3) is 0.286. The van der Waals surface area contributed by atoms with Gasteiger partial charge in [-0.1, -0.05) is 24.3 Å². The number of ether oxygens (including phenoxy) is 2. The van der Waals surface area contributed by atoms with Crippen molar-refractivity contribution in [1.29, 1.82) is 0 Å². The number of fused-ring (bicyclic) bond motifs is 1. The van der Waals surface area contributed by atoms with Crippen LogP contribution in [0.1, 0.15) is 13.8 Å². The second kappa shape index (κ2) is 5.06. The quantitative estimate of drug-likeness (QED) is 0.822. The average Bonchev–Trinajstić information content (AvgIpc) is 2.34. The zero-order chi connectivity index (χ0) is 12.3. The van der Waals surface area contributed by atoms with Gasteiger partial charge in [-0.05, 0) is 26.0 Å². The van der Waals surface area contributed by atoms with E-state index in [0.29, 0.717) is 6.61 Å². The number of benzene rings is 2. The van der Waals surface area contributed by atoms with E-state index in [9.17, 15) is 5.11 Å². The highest BCUT2D eigenvalue weighted by Gasteiger charge is 2.08. The molecule has 2 rings (SSSR count). The molecule has 0 aliphatic carbocycles. The van der Waals surface area contributed by atoms with Crippen LogP contribution in [0.2, 0.25) is 0 Å². The van der Waals surface area contributed by atoms with Crippen molar-refractivity contribution in [1.82, 2.24) is 0 Å². The lowest BCUT2D eigenvalue weighted by atomic mass is 10.1. The monoisotopic (exact) mass is 232 g/mol. The van der Waals surface area contributed by atoms with Crippen molar-refractivity contribution < 1.29 is 14.6 Å². The highest BCUT2D eigenvalue weighted by atomic mass is 16.7. The van der Waals surface area contributed by atoms with Crippen molar-refractivity contribution in [2.75, 3.05) is 6.61 Å². The van der Waals surface area contributed by atoms with Gasteiger partial charge in [0.1, 0.15) is 11.5 Å². The third-order valence-electron chi connectivity index (χ3n) is 2.56. The Morgan fingerprint density at radius 3 is 2.53 bits per heavy atom. The molecule has 0 saturated carbocycles. The van der Waals surface area contributed by atoms with Crippen molar-refractivity contribution in [3.63, 3.8) is 0 Å². The molecule has 0 aliphatic heterocycles. The third-order valence-corrected chi connectivity index (χ3v) is 2.56. The van der Waals surface area contributed by atoms with Crippen molar-refractivity contribution in [2.24, 2.45) is 0 Å². The molecule has 0 amide bonds. The lowest BCUT2D eigenvalue weighted by Crippen LogP contribution is -2.16. The molecule has 0 radical (unpaired) electrons. The predicted molar refractivity (Wildman–Crippen MR) is 67.3 cm³/mol. The zero-order valence-corrected chi connectivity index (χ0v) is 10.0. The van der Waals surface area contributed by atoms with Crippen LogP contribution in [0.3, 0.4) is 0 Å². The van der Waals surface area contributed by atoms with Crippen LogP contribution in [0.25, 0.3) is 10.8 Å². The van der Waals surface area contributed by atoms with E-state index in [4.69, 9.17) is 9.47 Å². The highest BCUT2D eigenvalue weighted by Crippen LogP contribution is 2.32. The predicted octanol–water partition coefficient (Wildman–Crippen LogP) is 3.31. The Labute approximate surface area is 101 Å². The van der Waals surface area contributed by atoms with E-state index in [0.717, 1.165) is 16.5 Å². The molecule has 1 N–H and O–H groups in total. The standard InChI is InChI=1S/C14H16O3/c1-3-16-10(2)17-14-9-8-13(15)11-6-4-5-7-12(11)14/h4-10,15H,3H2,1-2H3. The van der Waals surface area contributed by atoms with E-state index in [1.807, 2.05) is 38.1 Å². The maximum Gasteiger partial charge on any atom is 0.196 e. The maximum atomic E-state index is 9.75. The minimum Gasteiger partial charge on any atom is -0.507 e. The van der Waals surface area contributed by atoms with Gasteiger partial charge in [0.2, 0.25) is 0 Å². The molecule has 1 unspecified atom stereocenters. The molecule has 2 aromatic carbocycles. The van der Waals surface area contributed by atoms with Crippen molar-refractivity contribution in [2.45, 2.75) is 20.1 Å². The molecular formula is C14H16O3. The number of hydrogen-bond acceptors (Lipinski definition) is 3. The minimum absolute atomic E-state index is 0.261. The zero-order valence-electron chi connectivity index (χ0n) is 10.0. The number of phenolic OH excluding ortho intramolecular Hbond substituents is 1. The van der Waals surface area contributed by atoms with Gasteiger partial charge in [0, 0.05) is 17.4 Å². The van der Waals surface area contributed by atoms with Gasteiger partial charge in [0.05, 0.1) is 0 Å². The van der Waals surface area contributed by atoms with Gasteiger partial charge in [0.15, 0.2) is 6.29 Å². The summed E-state index contributed by atoms with van der Waals surface area (Å²) in [7, 11) is 0. The van der Waals surface area contributed by atoms with E-state index >= 15 is 0 Å². The van der Waals surface area contributed by atoms with Gasteiger partial charge in [-0.2, -0.15) is 0 Å². The van der Waals surface area contributed by atoms with Crippen molar-refractivity contribution in [3.05, 3.63) is 36.4 Å². The summed E-state index contributed by atoms with van der Waals surface area (Å²) >= 11 is 0. The Bertz CT molecular complexity index is 508. The van der Waals surface area contributed by atoms with Crippen LogP contribution >= 0.6 is 0 Å². The summed E-state index contributed by atoms with van der Waals surface area (Å²) in [6.07, 6.45) is -0.298. The second-order valence-electron chi connectivity index (χ2n) is 3.77. The molecule has 3 nitrogen and oxygen atoms in total. The first kappa shape index (κ1) is 11.7. The molecule has 2 aromatic rings. The van der Waals surface area contributed by atoms with E-state index in [-0.39, 0.29) is 12.0 Å². The number of phenols is 1. The minimum atomic E-state index is -0.298. The normalized spacial score (nSPS) is 12.6. The summed E-state index contributed by atoms with van der Waals surface area (Å²) in [6, 6.07) is 11.0. The summed E-state index contributed by atoms with van der Waals surface area (Å²) in [5.41, 5.74) is 0. The fourth-order valence-electron chi connectivity index (χ4n) is 1.81. The van der Waals surface area contributed by atoms with Crippen molar-refractivity contribution >= 4 is 10.8 Å². The van der Waals surface area contributed by atoms with Gasteiger partial charge in [-0.15, -0.1) is 0 Å². The first-order chi connectivity index (χ1) is 8.22. The van der Waals surface area contributed by atoms with Gasteiger partial charge in [0.25, 0.3) is 0 Å². The van der Waals surface area contributed by atoms with Gasteiger partial charge in [-0.25, -0.2) is 0 Å². The Morgan fingerprint density at radius 1 is 1.12 bits per heavy atom. The SMILES string of the molecule is CCOC(C)Oc1ccc(O)c2ccccc12. The molecule has 1 atom stereocenters. The summed E-state index contributed by atoms with van der Waals surface area (Å²) in [4.78, 5) is 0. The molecule has 3 heteroatoms. The lowest BCUT2D eigenvalue weighted by molar-refractivity contribution is -0.0605. The highest BCUT2D eigenvalue weighted by molar-refractivity contribution is 5.92. The molecule has 0 fully saturated rings. The molecule has 0 aromatic heterocycles. The number of hydrogen-bond donors (Lipinski definition) is 1. The van der Waals surface area contributed by atoms with Crippen LogP contribution in [0.5, 0.6) is 11.5 Å². The molecule has 0 heterocycles. The van der Waals surface area contributed by atoms with Crippen LogP contribution < -0.4 is 4.74 Å². The Morgan fingerprint density at radius 2 is 1.82 bits per heavy atom. The first-order valence-electron chi connectivity index (χ1n) is 5.71. The van der Waals surface area contributed by atoms with E-state index in [2.05, 4.69) is 0 Å². The van der Waals surface area contributed by atoms with Gasteiger partial charge >= 0.3 is 0 Å². The Hall–Kier alpha value is -1.74. The second-order valence-corrected chi connectivity index (χ2v) is 3.77. The van der Waals surface area contributed by atoms with E-state index < -0.39 is 0 Å². The summed E-state index contributed by atoms with van der Waals surface area (Å²) in [5.74, 6) is 0.983. The topological polar surface area (TPSA) is 38.7 Å². The Balaban J connectivity index is 2.38. The van der Waals surface area contributed by atoms with E-state index in [1.54, 1.807) is 12.1 Å². The van der Waals surface area contributed by atoms with Crippen LogP contribution in [-0.4, -0.2) is 18.0 Å². The molecule has 0 aliphatic rings. The molecule has 0 saturated heterocycles. The van der Waals surface area contributed by atoms with Crippen LogP contribution in [0.4, 0.5) is 0 Å². The molecule has 17 heavy (non-hydrogen) atoms. The third kappa shape index (κ3) is 2.50. The van der Waals surface area contributed by atoms with Crippen LogP contribution in [0.15, 0.2) is 36.4 Å². The largest absolute Gasteiger partial charge is 0.507 e. The molecule has 0 bridgehead atoms. The Kier molecular flexibility index (Phi) is 3.49. The number of rotatable bonds is 4. The molecule has 0 spiro atoms. The summed E-state index contributed by atoms with van der Waals surface area (Å²) < 4.78 is 11.0. The van der Waals surface area contributed by atoms with E-state index in [1.165, 1.54) is 0 Å². The fourth-order valence-corrected chi connectivity index (χ4v) is 1.81. The average molecular weight is 232 g/mol. The van der Waals surface area contributed by atoms with Gasteiger partial charge < -0.3 is 14.6 Å². The molecular weight excluding hydrogens is 216 g/mol. The first-order valence-corrected chi connectivity index (χ1v) is 5.71. The lowest BCUT2D eigenvalue weighted by Gasteiger charge is -2.16. The molecule has 90 valence electrons. The van der Waals surface area contributed by atoms with Crippen molar-refractivity contribution in [3.8, 4) is 11.5 Å². The summed E-state index contributed by atoms with van der Waals surface area (Å²) in [5, 5.41) is 11.4. The summed E-state index contributed by atoms with van der Waals surface area (Å²) in [6.45, 7) is 4.39. The van der Waals surface area contributed by atoms with Crippen LogP contribution in [0, 0.1) is 0 Å². The van der Waals surface area contributed by atoms with Crippen LogP contribution in [-0.2, 0) is 4.74 Å². The number of aromatic hydroxyl groups is 1.